The van der Waals surface area contributed by atoms with Gasteiger partial charge in [-0.2, -0.15) is 0 Å². The maximum atomic E-state index is 12.9. The van der Waals surface area contributed by atoms with Crippen LogP contribution in [0.4, 0.5) is 5.82 Å². The zero-order valence-corrected chi connectivity index (χ0v) is 20.2. The first-order chi connectivity index (χ1) is 16.6. The molecule has 34 heavy (non-hydrogen) atoms. The molecule has 8 nitrogen and oxygen atoms in total. The molecule has 3 aromatic rings. The molecule has 4 rings (SSSR count). The highest BCUT2D eigenvalue weighted by Gasteiger charge is 2.23. The average molecular weight is 464 g/mol. The highest BCUT2D eigenvalue weighted by molar-refractivity contribution is 5.94. The summed E-state index contributed by atoms with van der Waals surface area (Å²) in [6, 6.07) is 13.5. The standard InChI is InChI=1S/C26H33N5O3/c1-19-5-10-23-22(17-19)25(27-11-4-16-33-2)29-24(28-23)18-30-12-14-31(15-13-30)26(32)20-6-8-21(34-3)9-7-20/h5-10,17H,4,11-16,18H2,1-3H3,(H,27,28,29). The van der Waals surface area contributed by atoms with E-state index >= 15 is 0 Å². The van der Waals surface area contributed by atoms with Crippen LogP contribution in [-0.4, -0.2) is 79.2 Å². The van der Waals surface area contributed by atoms with E-state index in [9.17, 15) is 4.79 Å². The van der Waals surface area contributed by atoms with Crippen molar-refractivity contribution in [3.63, 3.8) is 0 Å². The lowest BCUT2D eigenvalue weighted by Crippen LogP contribution is -2.48. The van der Waals surface area contributed by atoms with E-state index in [1.807, 2.05) is 29.2 Å². The van der Waals surface area contributed by atoms with Gasteiger partial charge in [-0.3, -0.25) is 9.69 Å². The van der Waals surface area contributed by atoms with Crippen molar-refractivity contribution in [1.82, 2.24) is 19.8 Å². The number of carbonyl (C=O) groups is 1. The van der Waals surface area contributed by atoms with Crippen LogP contribution in [0.25, 0.3) is 10.9 Å². The van der Waals surface area contributed by atoms with E-state index in [0.29, 0.717) is 31.8 Å². The normalized spacial score (nSPS) is 14.4. The molecular formula is C26H33N5O3. The molecule has 0 bridgehead atoms. The van der Waals surface area contributed by atoms with E-state index in [4.69, 9.17) is 19.4 Å². The summed E-state index contributed by atoms with van der Waals surface area (Å²) in [5, 5.41) is 4.50. The number of fused-ring (bicyclic) bond motifs is 1. The van der Waals surface area contributed by atoms with Gasteiger partial charge in [0.25, 0.3) is 5.91 Å². The maximum absolute atomic E-state index is 12.9. The van der Waals surface area contributed by atoms with E-state index in [1.54, 1.807) is 14.2 Å². The number of hydrogen-bond donors (Lipinski definition) is 1. The van der Waals surface area contributed by atoms with Crippen LogP contribution < -0.4 is 10.1 Å². The van der Waals surface area contributed by atoms with E-state index < -0.39 is 0 Å². The number of nitrogens with zero attached hydrogens (tertiary/aromatic N) is 4. The van der Waals surface area contributed by atoms with Crippen molar-refractivity contribution in [1.29, 1.82) is 0 Å². The Morgan fingerprint density at radius 1 is 1.03 bits per heavy atom. The minimum atomic E-state index is 0.0576. The first kappa shape index (κ1) is 23.9. The number of ether oxygens (including phenoxy) is 2. The largest absolute Gasteiger partial charge is 0.497 e. The molecule has 1 fully saturated rings. The fourth-order valence-corrected chi connectivity index (χ4v) is 4.14. The molecule has 2 heterocycles. The Labute approximate surface area is 200 Å². The van der Waals surface area contributed by atoms with Gasteiger partial charge in [0.15, 0.2) is 0 Å². The number of hydrogen-bond acceptors (Lipinski definition) is 7. The van der Waals surface area contributed by atoms with Gasteiger partial charge in [-0.1, -0.05) is 11.6 Å². The summed E-state index contributed by atoms with van der Waals surface area (Å²) in [5.41, 5.74) is 2.81. The van der Waals surface area contributed by atoms with Gasteiger partial charge in [0, 0.05) is 57.4 Å². The molecule has 0 spiro atoms. The topological polar surface area (TPSA) is 79.8 Å². The van der Waals surface area contributed by atoms with Gasteiger partial charge in [0.1, 0.15) is 17.4 Å². The Hall–Kier alpha value is -3.23. The predicted octanol–water partition coefficient (Wildman–Crippen LogP) is 3.35. The molecule has 180 valence electrons. The Morgan fingerprint density at radius 3 is 2.50 bits per heavy atom. The molecule has 1 amide bonds. The quantitative estimate of drug-likeness (QED) is 0.488. The van der Waals surface area contributed by atoms with Crippen LogP contribution in [0, 0.1) is 6.92 Å². The van der Waals surface area contributed by atoms with E-state index in [1.165, 1.54) is 5.56 Å². The third-order valence-corrected chi connectivity index (χ3v) is 6.08. The van der Waals surface area contributed by atoms with Crippen molar-refractivity contribution in [2.24, 2.45) is 0 Å². The van der Waals surface area contributed by atoms with Crippen LogP contribution in [0.1, 0.15) is 28.2 Å². The van der Waals surface area contributed by atoms with Crippen molar-refractivity contribution in [3.8, 4) is 5.75 Å². The van der Waals surface area contributed by atoms with Crippen LogP contribution in [0.3, 0.4) is 0 Å². The minimum Gasteiger partial charge on any atom is -0.497 e. The van der Waals surface area contributed by atoms with Gasteiger partial charge in [-0.15, -0.1) is 0 Å². The van der Waals surface area contributed by atoms with E-state index in [-0.39, 0.29) is 5.91 Å². The minimum absolute atomic E-state index is 0.0576. The van der Waals surface area contributed by atoms with Crippen LogP contribution >= 0.6 is 0 Å². The molecule has 1 aromatic heterocycles. The number of aryl methyl sites for hydroxylation is 1. The molecule has 1 aliphatic rings. The third-order valence-electron chi connectivity index (χ3n) is 6.08. The second-order valence-corrected chi connectivity index (χ2v) is 8.58. The second kappa shape index (κ2) is 11.3. The number of nitrogens with one attached hydrogen (secondary N) is 1. The molecule has 1 saturated heterocycles. The summed E-state index contributed by atoms with van der Waals surface area (Å²) in [6.45, 7) is 7.16. The van der Waals surface area contributed by atoms with Crippen molar-refractivity contribution in [2.75, 3.05) is 58.9 Å². The van der Waals surface area contributed by atoms with Gasteiger partial charge in [-0.25, -0.2) is 9.97 Å². The molecular weight excluding hydrogens is 430 g/mol. The van der Waals surface area contributed by atoms with Crippen LogP contribution in [0.15, 0.2) is 42.5 Å². The number of rotatable bonds is 9. The number of amides is 1. The van der Waals surface area contributed by atoms with Crippen molar-refractivity contribution >= 4 is 22.6 Å². The molecule has 1 aliphatic heterocycles. The molecule has 0 unspecified atom stereocenters. The number of anilines is 1. The maximum Gasteiger partial charge on any atom is 0.253 e. The summed E-state index contributed by atoms with van der Waals surface area (Å²) < 4.78 is 10.3. The lowest BCUT2D eigenvalue weighted by Gasteiger charge is -2.34. The lowest BCUT2D eigenvalue weighted by molar-refractivity contribution is 0.0625. The summed E-state index contributed by atoms with van der Waals surface area (Å²) in [7, 11) is 3.34. The molecule has 0 saturated carbocycles. The van der Waals surface area contributed by atoms with Crippen LogP contribution in [-0.2, 0) is 11.3 Å². The molecule has 0 radical (unpaired) electrons. The van der Waals surface area contributed by atoms with Gasteiger partial charge in [0.2, 0.25) is 0 Å². The highest BCUT2D eigenvalue weighted by Crippen LogP contribution is 2.23. The van der Waals surface area contributed by atoms with Gasteiger partial charge < -0.3 is 19.7 Å². The zero-order chi connectivity index (χ0) is 23.9. The van der Waals surface area contributed by atoms with E-state index in [0.717, 1.165) is 54.3 Å². The van der Waals surface area contributed by atoms with E-state index in [2.05, 4.69) is 35.3 Å². The number of benzene rings is 2. The third kappa shape index (κ3) is 5.81. The first-order valence-electron chi connectivity index (χ1n) is 11.7. The summed E-state index contributed by atoms with van der Waals surface area (Å²) >= 11 is 0. The average Bonchev–Trinajstić information content (AvgIpc) is 2.87. The second-order valence-electron chi connectivity index (χ2n) is 8.58. The van der Waals surface area contributed by atoms with Crippen molar-refractivity contribution in [2.45, 2.75) is 19.9 Å². The first-order valence-corrected chi connectivity index (χ1v) is 11.7. The fraction of sp³-hybridized carbons (Fsp3) is 0.423. The molecule has 1 N–H and O–H groups in total. The summed E-state index contributed by atoms with van der Waals surface area (Å²) in [4.78, 5) is 26.7. The molecule has 8 heteroatoms. The highest BCUT2D eigenvalue weighted by atomic mass is 16.5. The SMILES string of the molecule is COCCCNc1nc(CN2CCN(C(=O)c3ccc(OC)cc3)CC2)nc2ccc(C)cc12. The number of aromatic nitrogens is 2. The smallest absolute Gasteiger partial charge is 0.253 e. The Kier molecular flexibility index (Phi) is 7.92. The fourth-order valence-electron chi connectivity index (χ4n) is 4.14. The summed E-state index contributed by atoms with van der Waals surface area (Å²) in [6.07, 6.45) is 0.910. The number of carbonyl (C=O) groups excluding carboxylic acids is 1. The van der Waals surface area contributed by atoms with Gasteiger partial charge in [0.05, 0.1) is 19.2 Å². The Balaban J connectivity index is 1.40. The van der Waals surface area contributed by atoms with Gasteiger partial charge in [-0.05, 0) is 49.7 Å². The summed E-state index contributed by atoms with van der Waals surface area (Å²) in [5.74, 6) is 2.47. The molecule has 2 aromatic carbocycles. The molecule has 0 aliphatic carbocycles. The Morgan fingerprint density at radius 2 is 1.79 bits per heavy atom. The molecule has 0 atom stereocenters. The monoisotopic (exact) mass is 463 g/mol. The number of methoxy groups -OCH3 is 2. The van der Waals surface area contributed by atoms with Gasteiger partial charge >= 0.3 is 0 Å². The Bertz CT molecular complexity index is 1110. The van der Waals surface area contributed by atoms with Crippen LogP contribution in [0.2, 0.25) is 0 Å². The zero-order valence-electron chi connectivity index (χ0n) is 20.2. The van der Waals surface area contributed by atoms with Crippen molar-refractivity contribution < 1.29 is 14.3 Å². The van der Waals surface area contributed by atoms with Crippen molar-refractivity contribution in [3.05, 3.63) is 59.4 Å². The predicted molar refractivity (Wildman–Crippen MR) is 133 cm³/mol. The van der Waals surface area contributed by atoms with Crippen LogP contribution in [0.5, 0.6) is 5.75 Å². The lowest BCUT2D eigenvalue weighted by atomic mass is 10.1. The number of piperazine rings is 1.